The molecular weight excluding hydrogens is 256 g/mol. The first-order valence-corrected chi connectivity index (χ1v) is 5.76. The lowest BCUT2D eigenvalue weighted by molar-refractivity contribution is -0.118. The van der Waals surface area contributed by atoms with Crippen LogP contribution in [0.4, 0.5) is 0 Å². The van der Waals surface area contributed by atoms with E-state index in [1.54, 1.807) is 14.0 Å². The Hall–Kier alpha value is -0.830. The number of carbonyl (C=O) groups is 1. The van der Waals surface area contributed by atoms with Crippen LogP contribution in [0.1, 0.15) is 24.8 Å². The minimum absolute atomic E-state index is 0.202. The molecule has 0 aliphatic heterocycles. The van der Waals surface area contributed by atoms with E-state index in [2.05, 4.69) is 15.9 Å². The number of benzene rings is 1. The number of ketones is 1. The molecule has 2 rings (SSSR count). The summed E-state index contributed by atoms with van der Waals surface area (Å²) in [4.78, 5) is 11.2. The first kappa shape index (κ1) is 10.7. The van der Waals surface area contributed by atoms with Crippen LogP contribution < -0.4 is 4.74 Å². The van der Waals surface area contributed by atoms with Crippen LogP contribution in [-0.2, 0) is 4.79 Å². The van der Waals surface area contributed by atoms with Crippen LogP contribution in [0, 0.1) is 5.92 Å². The molecular formula is C12H13BrO2. The molecule has 2 atom stereocenters. The van der Waals surface area contributed by atoms with E-state index in [4.69, 9.17) is 4.74 Å². The lowest BCUT2D eigenvalue weighted by atomic mass is 10.1. The van der Waals surface area contributed by atoms with Gasteiger partial charge in [-0.2, -0.15) is 0 Å². The van der Waals surface area contributed by atoms with Crippen molar-refractivity contribution in [2.24, 2.45) is 5.92 Å². The summed E-state index contributed by atoms with van der Waals surface area (Å²) in [6.45, 7) is 1.66. The Kier molecular flexibility index (Phi) is 2.83. The second-order valence-electron chi connectivity index (χ2n) is 3.95. The highest BCUT2D eigenvalue weighted by molar-refractivity contribution is 9.10. The lowest BCUT2D eigenvalue weighted by Crippen LogP contribution is -1.97. The van der Waals surface area contributed by atoms with E-state index < -0.39 is 0 Å². The maximum atomic E-state index is 11.2. The monoisotopic (exact) mass is 268 g/mol. The third-order valence-electron chi connectivity index (χ3n) is 2.90. The molecule has 0 bridgehead atoms. The van der Waals surface area contributed by atoms with Crippen molar-refractivity contribution >= 4 is 21.7 Å². The Bertz CT molecular complexity index is 401. The first-order chi connectivity index (χ1) is 7.13. The first-order valence-electron chi connectivity index (χ1n) is 4.97. The highest BCUT2D eigenvalue weighted by Gasteiger charge is 2.43. The van der Waals surface area contributed by atoms with Crippen molar-refractivity contribution in [1.82, 2.24) is 0 Å². The van der Waals surface area contributed by atoms with Gasteiger partial charge in [0.05, 0.1) is 7.11 Å². The Morgan fingerprint density at radius 2 is 2.27 bits per heavy atom. The van der Waals surface area contributed by atoms with Gasteiger partial charge < -0.3 is 4.74 Å². The van der Waals surface area contributed by atoms with Crippen molar-refractivity contribution in [3.63, 3.8) is 0 Å². The number of methoxy groups -OCH3 is 1. The minimum atomic E-state index is 0.202. The van der Waals surface area contributed by atoms with Crippen molar-refractivity contribution in [2.45, 2.75) is 19.3 Å². The van der Waals surface area contributed by atoms with E-state index in [0.29, 0.717) is 5.92 Å². The van der Waals surface area contributed by atoms with Crippen molar-refractivity contribution in [3.05, 3.63) is 28.2 Å². The van der Waals surface area contributed by atoms with Crippen LogP contribution >= 0.6 is 15.9 Å². The maximum absolute atomic E-state index is 11.2. The van der Waals surface area contributed by atoms with Gasteiger partial charge in [-0.15, -0.1) is 0 Å². The summed E-state index contributed by atoms with van der Waals surface area (Å²) >= 11 is 3.44. The van der Waals surface area contributed by atoms with Gasteiger partial charge in [-0.05, 0) is 43.0 Å². The van der Waals surface area contributed by atoms with Crippen LogP contribution in [0.2, 0.25) is 0 Å². The SMILES string of the molecule is COc1ccc(Br)cc1C1CC1C(C)=O. The Morgan fingerprint density at radius 1 is 1.53 bits per heavy atom. The van der Waals surface area contributed by atoms with Gasteiger partial charge in [0.1, 0.15) is 11.5 Å². The molecule has 0 spiro atoms. The molecule has 15 heavy (non-hydrogen) atoms. The second-order valence-corrected chi connectivity index (χ2v) is 4.86. The topological polar surface area (TPSA) is 26.3 Å². The summed E-state index contributed by atoms with van der Waals surface area (Å²) in [5.41, 5.74) is 1.15. The van der Waals surface area contributed by atoms with Gasteiger partial charge in [-0.1, -0.05) is 15.9 Å². The third-order valence-corrected chi connectivity index (χ3v) is 3.40. The molecule has 1 aromatic carbocycles. The predicted octanol–water partition coefficient (Wildman–Crippen LogP) is 3.15. The van der Waals surface area contributed by atoms with E-state index in [-0.39, 0.29) is 11.7 Å². The van der Waals surface area contributed by atoms with E-state index in [0.717, 1.165) is 22.2 Å². The van der Waals surface area contributed by atoms with E-state index >= 15 is 0 Å². The normalized spacial score (nSPS) is 23.7. The number of ether oxygens (including phenoxy) is 1. The van der Waals surface area contributed by atoms with Crippen molar-refractivity contribution in [2.75, 3.05) is 7.11 Å². The van der Waals surface area contributed by atoms with Gasteiger partial charge in [-0.25, -0.2) is 0 Å². The third kappa shape index (κ3) is 2.07. The summed E-state index contributed by atoms with van der Waals surface area (Å²) < 4.78 is 6.33. The molecule has 1 aromatic rings. The number of halogens is 1. The molecule has 2 nitrogen and oxygen atoms in total. The van der Waals surface area contributed by atoms with Crippen molar-refractivity contribution < 1.29 is 9.53 Å². The molecule has 0 saturated heterocycles. The maximum Gasteiger partial charge on any atom is 0.133 e. The quantitative estimate of drug-likeness (QED) is 0.842. The molecule has 0 aromatic heterocycles. The molecule has 1 aliphatic rings. The van der Waals surface area contributed by atoms with Crippen LogP contribution in [0.15, 0.2) is 22.7 Å². The molecule has 1 fully saturated rings. The fourth-order valence-corrected chi connectivity index (χ4v) is 2.36. The molecule has 3 heteroatoms. The number of carbonyl (C=O) groups excluding carboxylic acids is 1. The molecule has 0 amide bonds. The minimum Gasteiger partial charge on any atom is -0.496 e. The molecule has 1 saturated carbocycles. The lowest BCUT2D eigenvalue weighted by Gasteiger charge is -2.08. The molecule has 0 heterocycles. The second kappa shape index (κ2) is 3.97. The summed E-state index contributed by atoms with van der Waals surface area (Å²) in [6.07, 6.45) is 0.960. The highest BCUT2D eigenvalue weighted by Crippen LogP contribution is 2.51. The summed E-state index contributed by atoms with van der Waals surface area (Å²) in [7, 11) is 1.66. The van der Waals surface area contributed by atoms with Crippen LogP contribution in [0.25, 0.3) is 0 Å². The summed E-state index contributed by atoms with van der Waals surface area (Å²) in [5, 5.41) is 0. The van der Waals surface area contributed by atoms with E-state index in [1.807, 2.05) is 18.2 Å². The predicted molar refractivity (Wildman–Crippen MR) is 62.2 cm³/mol. The molecule has 0 radical (unpaired) electrons. The molecule has 0 N–H and O–H groups in total. The highest BCUT2D eigenvalue weighted by atomic mass is 79.9. The fourth-order valence-electron chi connectivity index (χ4n) is 1.98. The zero-order valence-corrected chi connectivity index (χ0v) is 10.4. The van der Waals surface area contributed by atoms with Crippen LogP contribution in [0.5, 0.6) is 5.75 Å². The van der Waals surface area contributed by atoms with E-state index in [1.165, 1.54) is 0 Å². The van der Waals surface area contributed by atoms with Crippen LogP contribution in [-0.4, -0.2) is 12.9 Å². The number of Topliss-reactive ketones (excluding diaryl/α,β-unsaturated/α-hetero) is 1. The van der Waals surface area contributed by atoms with Gasteiger partial charge in [0, 0.05) is 10.4 Å². The summed E-state index contributed by atoms with van der Waals surface area (Å²) in [6, 6.07) is 5.94. The fraction of sp³-hybridized carbons (Fsp3) is 0.417. The largest absolute Gasteiger partial charge is 0.496 e. The number of hydrogen-bond acceptors (Lipinski definition) is 2. The average Bonchev–Trinajstić information content (AvgIpc) is 2.97. The van der Waals surface area contributed by atoms with E-state index in [9.17, 15) is 4.79 Å². The molecule has 1 aliphatic carbocycles. The number of rotatable bonds is 3. The average molecular weight is 269 g/mol. The number of hydrogen-bond donors (Lipinski definition) is 0. The van der Waals surface area contributed by atoms with Gasteiger partial charge >= 0.3 is 0 Å². The van der Waals surface area contributed by atoms with Gasteiger partial charge in [-0.3, -0.25) is 4.79 Å². The Labute approximate surface area is 97.8 Å². The standard InChI is InChI=1S/C12H13BrO2/c1-7(14)9-6-10(9)11-5-8(13)3-4-12(11)15-2/h3-5,9-10H,6H2,1-2H3. The zero-order valence-electron chi connectivity index (χ0n) is 8.79. The Morgan fingerprint density at radius 3 is 2.80 bits per heavy atom. The summed E-state index contributed by atoms with van der Waals surface area (Å²) in [5.74, 6) is 1.72. The zero-order chi connectivity index (χ0) is 11.0. The van der Waals surface area contributed by atoms with Crippen molar-refractivity contribution in [3.8, 4) is 5.75 Å². The van der Waals surface area contributed by atoms with Gasteiger partial charge in [0.25, 0.3) is 0 Å². The smallest absolute Gasteiger partial charge is 0.133 e. The molecule has 80 valence electrons. The van der Waals surface area contributed by atoms with Gasteiger partial charge in [0.2, 0.25) is 0 Å². The molecule has 2 unspecified atom stereocenters. The Balaban J connectivity index is 2.28. The van der Waals surface area contributed by atoms with Gasteiger partial charge in [0.15, 0.2) is 0 Å². The van der Waals surface area contributed by atoms with Crippen molar-refractivity contribution in [1.29, 1.82) is 0 Å². The van der Waals surface area contributed by atoms with Crippen LogP contribution in [0.3, 0.4) is 0 Å².